The lowest BCUT2D eigenvalue weighted by Crippen LogP contribution is -2.47. The van der Waals surface area contributed by atoms with Gasteiger partial charge in [-0.05, 0) is 37.4 Å². The van der Waals surface area contributed by atoms with Crippen molar-refractivity contribution in [1.82, 2.24) is 9.80 Å². The second kappa shape index (κ2) is 7.88. The van der Waals surface area contributed by atoms with Crippen molar-refractivity contribution in [3.05, 3.63) is 59.1 Å². The molecule has 8 heteroatoms. The van der Waals surface area contributed by atoms with Crippen LogP contribution in [0.15, 0.2) is 53.4 Å². The number of likely N-dealkylation sites (N-methyl/N-ethyl adjacent to an activating group) is 1. The maximum Gasteiger partial charge on any atom is 0.264 e. The summed E-state index contributed by atoms with van der Waals surface area (Å²) in [7, 11) is -0.320. The van der Waals surface area contributed by atoms with Crippen LogP contribution in [0.3, 0.4) is 0 Å². The molecule has 1 saturated heterocycles. The van der Waals surface area contributed by atoms with E-state index in [1.807, 2.05) is 13.1 Å². The zero-order valence-corrected chi connectivity index (χ0v) is 16.9. The summed E-state index contributed by atoms with van der Waals surface area (Å²) in [6, 6.07) is 13.1. The van der Waals surface area contributed by atoms with Gasteiger partial charge in [-0.3, -0.25) is 9.10 Å². The van der Waals surface area contributed by atoms with Gasteiger partial charge >= 0.3 is 0 Å². The molecule has 2 aromatic carbocycles. The number of piperazine rings is 1. The molecular formula is C19H22ClN3O3S. The molecule has 0 unspecified atom stereocenters. The largest absolute Gasteiger partial charge is 0.336 e. The first-order valence-electron chi connectivity index (χ1n) is 8.62. The Labute approximate surface area is 165 Å². The van der Waals surface area contributed by atoms with Gasteiger partial charge in [0.2, 0.25) is 0 Å². The number of benzene rings is 2. The molecule has 27 heavy (non-hydrogen) atoms. The quantitative estimate of drug-likeness (QED) is 0.781. The van der Waals surface area contributed by atoms with Gasteiger partial charge in [0.15, 0.2) is 0 Å². The molecule has 2 aromatic rings. The van der Waals surface area contributed by atoms with E-state index in [0.717, 1.165) is 13.1 Å². The van der Waals surface area contributed by atoms with E-state index in [0.29, 0.717) is 18.8 Å². The second-order valence-electron chi connectivity index (χ2n) is 6.55. The van der Waals surface area contributed by atoms with Crippen molar-refractivity contribution in [1.29, 1.82) is 0 Å². The fraction of sp³-hybridized carbons (Fsp3) is 0.316. The number of carbonyl (C=O) groups is 1. The minimum Gasteiger partial charge on any atom is -0.336 e. The number of para-hydroxylation sites is 1. The Morgan fingerprint density at radius 3 is 2.30 bits per heavy atom. The van der Waals surface area contributed by atoms with Crippen LogP contribution in [0.2, 0.25) is 5.02 Å². The smallest absolute Gasteiger partial charge is 0.264 e. The minimum atomic E-state index is -3.81. The van der Waals surface area contributed by atoms with Gasteiger partial charge in [-0.1, -0.05) is 29.8 Å². The highest BCUT2D eigenvalue weighted by molar-refractivity contribution is 7.92. The van der Waals surface area contributed by atoms with Crippen molar-refractivity contribution in [2.75, 3.05) is 44.6 Å². The Kier molecular flexibility index (Phi) is 5.74. The van der Waals surface area contributed by atoms with E-state index in [4.69, 9.17) is 11.6 Å². The van der Waals surface area contributed by atoms with E-state index >= 15 is 0 Å². The molecule has 0 bridgehead atoms. The molecular weight excluding hydrogens is 386 g/mol. The lowest BCUT2D eigenvalue weighted by Gasteiger charge is -2.32. The molecule has 3 rings (SSSR count). The summed E-state index contributed by atoms with van der Waals surface area (Å²) < 4.78 is 27.2. The molecule has 0 atom stereocenters. The van der Waals surface area contributed by atoms with Gasteiger partial charge in [-0.15, -0.1) is 0 Å². The number of anilines is 1. The average Bonchev–Trinajstić information content (AvgIpc) is 2.68. The molecule has 0 N–H and O–H groups in total. The molecule has 0 spiro atoms. The van der Waals surface area contributed by atoms with Crippen molar-refractivity contribution < 1.29 is 13.2 Å². The lowest BCUT2D eigenvalue weighted by molar-refractivity contribution is 0.0664. The van der Waals surface area contributed by atoms with Crippen LogP contribution in [-0.4, -0.2) is 64.4 Å². The third-order valence-electron chi connectivity index (χ3n) is 4.74. The van der Waals surface area contributed by atoms with Crippen molar-refractivity contribution in [2.45, 2.75) is 4.90 Å². The molecule has 1 fully saturated rings. The molecule has 1 aliphatic rings. The number of hydrogen-bond acceptors (Lipinski definition) is 4. The molecule has 1 aliphatic heterocycles. The number of sulfonamides is 1. The van der Waals surface area contributed by atoms with Gasteiger partial charge < -0.3 is 9.80 Å². The standard InChI is InChI=1S/C19H22ClN3O3S/c1-21-10-12-23(13-11-21)19(24)17-14-16(8-9-18(17)20)27(25,26)22(2)15-6-4-3-5-7-15/h3-9,14H,10-13H2,1-2H3. The minimum absolute atomic E-state index is 0.0377. The van der Waals surface area contributed by atoms with Crippen molar-refractivity contribution in [3.63, 3.8) is 0 Å². The number of carbonyl (C=O) groups excluding carboxylic acids is 1. The van der Waals surface area contributed by atoms with Gasteiger partial charge in [0.25, 0.3) is 15.9 Å². The maximum absolute atomic E-state index is 13.0. The Balaban J connectivity index is 1.91. The third kappa shape index (κ3) is 4.10. The molecule has 0 aromatic heterocycles. The monoisotopic (exact) mass is 407 g/mol. The maximum atomic E-state index is 13.0. The van der Waals surface area contributed by atoms with Gasteiger partial charge in [0, 0.05) is 33.2 Å². The second-order valence-corrected chi connectivity index (χ2v) is 8.92. The zero-order chi connectivity index (χ0) is 19.6. The van der Waals surface area contributed by atoms with Crippen LogP contribution in [0.4, 0.5) is 5.69 Å². The Hall–Kier alpha value is -2.09. The highest BCUT2D eigenvalue weighted by atomic mass is 35.5. The van der Waals surface area contributed by atoms with E-state index in [9.17, 15) is 13.2 Å². The third-order valence-corrected chi connectivity index (χ3v) is 6.85. The van der Waals surface area contributed by atoms with Gasteiger partial charge in [0.1, 0.15) is 0 Å². The first kappa shape index (κ1) is 19.7. The van der Waals surface area contributed by atoms with Crippen LogP contribution in [0.5, 0.6) is 0 Å². The molecule has 144 valence electrons. The number of nitrogens with zero attached hydrogens (tertiary/aromatic N) is 3. The van der Waals surface area contributed by atoms with Gasteiger partial charge in [-0.2, -0.15) is 0 Å². The van der Waals surface area contributed by atoms with Crippen LogP contribution in [0, 0.1) is 0 Å². The van der Waals surface area contributed by atoms with Crippen LogP contribution in [-0.2, 0) is 10.0 Å². The van der Waals surface area contributed by atoms with Crippen LogP contribution in [0.25, 0.3) is 0 Å². The van der Waals surface area contributed by atoms with Crippen molar-refractivity contribution in [2.24, 2.45) is 0 Å². The van der Waals surface area contributed by atoms with E-state index in [-0.39, 0.29) is 21.4 Å². The summed E-state index contributed by atoms with van der Waals surface area (Å²) in [5, 5.41) is 0.250. The highest BCUT2D eigenvalue weighted by Crippen LogP contribution is 2.26. The fourth-order valence-electron chi connectivity index (χ4n) is 2.94. The van der Waals surface area contributed by atoms with E-state index in [2.05, 4.69) is 4.90 Å². The van der Waals surface area contributed by atoms with E-state index in [1.165, 1.54) is 29.6 Å². The van der Waals surface area contributed by atoms with E-state index in [1.54, 1.807) is 29.2 Å². The van der Waals surface area contributed by atoms with Crippen LogP contribution < -0.4 is 4.31 Å². The number of hydrogen-bond donors (Lipinski definition) is 0. The van der Waals surface area contributed by atoms with E-state index < -0.39 is 10.0 Å². The van der Waals surface area contributed by atoms with Gasteiger partial charge in [0.05, 0.1) is 21.2 Å². The van der Waals surface area contributed by atoms with Crippen molar-refractivity contribution in [3.8, 4) is 0 Å². The first-order chi connectivity index (χ1) is 12.8. The topological polar surface area (TPSA) is 60.9 Å². The Morgan fingerprint density at radius 2 is 1.67 bits per heavy atom. The lowest BCUT2D eigenvalue weighted by atomic mass is 10.2. The summed E-state index contributed by atoms with van der Waals surface area (Å²) >= 11 is 6.22. The molecule has 0 aliphatic carbocycles. The Morgan fingerprint density at radius 1 is 1.04 bits per heavy atom. The summed E-state index contributed by atoms with van der Waals surface area (Å²) in [6.45, 7) is 2.73. The average molecular weight is 408 g/mol. The molecule has 6 nitrogen and oxygen atoms in total. The van der Waals surface area contributed by atoms with Gasteiger partial charge in [-0.25, -0.2) is 8.42 Å². The summed E-state index contributed by atoms with van der Waals surface area (Å²) in [6.07, 6.45) is 0. The summed E-state index contributed by atoms with van der Waals surface area (Å²) in [4.78, 5) is 16.7. The molecule has 0 saturated carbocycles. The predicted octanol–water partition coefficient (Wildman–Crippen LogP) is 2.55. The molecule has 1 heterocycles. The SMILES string of the molecule is CN1CCN(C(=O)c2cc(S(=O)(=O)N(C)c3ccccc3)ccc2Cl)CC1. The summed E-state index contributed by atoms with van der Waals surface area (Å²) in [5.74, 6) is -0.243. The number of rotatable bonds is 4. The summed E-state index contributed by atoms with van der Waals surface area (Å²) in [5.41, 5.74) is 0.753. The number of halogens is 1. The molecule has 0 radical (unpaired) electrons. The van der Waals surface area contributed by atoms with Crippen LogP contribution >= 0.6 is 11.6 Å². The van der Waals surface area contributed by atoms with Crippen molar-refractivity contribution >= 4 is 33.2 Å². The predicted molar refractivity (Wildman–Crippen MR) is 107 cm³/mol. The molecule has 1 amide bonds. The fourth-order valence-corrected chi connectivity index (χ4v) is 4.36. The van der Waals surface area contributed by atoms with Crippen LogP contribution in [0.1, 0.15) is 10.4 Å². The number of amides is 1. The Bertz CT molecular complexity index is 926. The highest BCUT2D eigenvalue weighted by Gasteiger charge is 2.26. The first-order valence-corrected chi connectivity index (χ1v) is 10.4. The normalized spacial score (nSPS) is 15.6. The zero-order valence-electron chi connectivity index (χ0n) is 15.3.